The molecule has 0 saturated carbocycles. The van der Waals surface area contributed by atoms with Crippen molar-refractivity contribution < 1.29 is 4.33 Å². The van der Waals surface area contributed by atoms with Gasteiger partial charge in [-0.15, -0.1) is 4.91 Å². The summed E-state index contributed by atoms with van der Waals surface area (Å²) < 4.78 is 2.09. The highest BCUT2D eigenvalue weighted by atomic mass is 32.2. The number of nitroso groups, excluding NO2 is 1. The highest BCUT2D eigenvalue weighted by Gasteiger charge is 1.99. The van der Waals surface area contributed by atoms with Gasteiger partial charge in [-0.05, 0) is 6.42 Å². The lowest BCUT2D eigenvalue weighted by Crippen LogP contribution is -1.88. The van der Waals surface area contributed by atoms with Crippen LogP contribution in [0.25, 0.3) is 0 Å². The third-order valence-electron chi connectivity index (χ3n) is 0.629. The van der Waals surface area contributed by atoms with E-state index in [1.54, 1.807) is 0 Å². The summed E-state index contributed by atoms with van der Waals surface area (Å²) in [6.07, 6.45) is 0.641. The first-order valence-electron chi connectivity index (χ1n) is 2.49. The van der Waals surface area contributed by atoms with Crippen LogP contribution in [-0.2, 0) is 0 Å². The maximum atomic E-state index is 9.71. The first-order valence-corrected chi connectivity index (χ1v) is 4.38. The molecule has 0 spiro atoms. The van der Waals surface area contributed by atoms with Gasteiger partial charge in [0.25, 0.3) is 0 Å². The fourth-order valence-electron chi connectivity index (χ4n) is 0.300. The molecule has 0 N–H and O–H groups in total. The normalized spacial score (nSPS) is 9.20. The monoisotopic (exact) mass is 182 g/mol. The van der Waals surface area contributed by atoms with E-state index >= 15 is 0 Å². The summed E-state index contributed by atoms with van der Waals surface area (Å²) in [7, 11) is 0. The topological polar surface area (TPSA) is 72.6 Å². The molecule has 7 heteroatoms. The largest absolute Gasteiger partial charge is 0.251 e. The number of rotatable bonds is 6. The van der Waals surface area contributed by atoms with E-state index in [4.69, 9.17) is 0 Å². The molecule has 0 aliphatic rings. The molecule has 0 aliphatic carbocycles. The summed E-state index contributed by atoms with van der Waals surface area (Å²) in [4.78, 5) is 19.2. The van der Waals surface area contributed by atoms with Crippen molar-refractivity contribution in [1.82, 2.24) is 0 Å². The van der Waals surface area contributed by atoms with E-state index in [-0.39, 0.29) is 0 Å². The van der Waals surface area contributed by atoms with Gasteiger partial charge in [-0.2, -0.15) is 0 Å². The van der Waals surface area contributed by atoms with Crippen molar-refractivity contribution >= 4 is 23.9 Å². The molecule has 0 bridgehead atoms. The zero-order chi connectivity index (χ0) is 7.82. The van der Waals surface area contributed by atoms with Crippen LogP contribution in [0.5, 0.6) is 0 Å². The quantitative estimate of drug-likeness (QED) is 0.205. The molecule has 0 heterocycles. The lowest BCUT2D eigenvalue weighted by atomic mass is 10.6. The summed E-state index contributed by atoms with van der Waals surface area (Å²) >= 11 is 1.54. The van der Waals surface area contributed by atoms with Crippen LogP contribution in [-0.4, -0.2) is 15.8 Å². The van der Waals surface area contributed by atoms with Gasteiger partial charge in [0.05, 0.1) is 5.75 Å². The molecule has 0 atom stereocenters. The van der Waals surface area contributed by atoms with Crippen LogP contribution in [0.4, 0.5) is 0 Å². The molecule has 0 saturated heterocycles. The van der Waals surface area contributed by atoms with Crippen LogP contribution in [0.1, 0.15) is 6.42 Å². The van der Waals surface area contributed by atoms with Gasteiger partial charge in [0.1, 0.15) is 4.33 Å². The molecule has 10 heavy (non-hydrogen) atoms. The van der Waals surface area contributed by atoms with Gasteiger partial charge in [-0.25, -0.2) is 0 Å². The Bertz CT molecular complexity index is 120. The van der Waals surface area contributed by atoms with Crippen LogP contribution in [0.3, 0.4) is 0 Å². The molecule has 0 amide bonds. The van der Waals surface area contributed by atoms with Gasteiger partial charge in [-0.3, -0.25) is 10.1 Å². The van der Waals surface area contributed by atoms with Gasteiger partial charge >= 0.3 is 0 Å². The summed E-state index contributed by atoms with van der Waals surface area (Å²) in [6.45, 7) is 0. The second-order valence-corrected chi connectivity index (χ2v) is 3.10. The molecule has 0 rings (SSSR count). The van der Waals surface area contributed by atoms with Crippen molar-refractivity contribution in [2.45, 2.75) is 6.42 Å². The second kappa shape index (κ2) is 6.81. The van der Waals surface area contributed by atoms with Crippen molar-refractivity contribution in [2.24, 2.45) is 4.58 Å². The number of nitro groups is 1. The zero-order valence-corrected chi connectivity index (χ0v) is 6.69. The maximum absolute atomic E-state index is 9.71. The van der Waals surface area contributed by atoms with Gasteiger partial charge in [0.2, 0.25) is 11.9 Å². The van der Waals surface area contributed by atoms with E-state index in [0.717, 1.165) is 11.9 Å². The Balaban J connectivity index is 2.90. The summed E-state index contributed by atoms with van der Waals surface area (Å²) in [6, 6.07) is 0. The summed E-state index contributed by atoms with van der Waals surface area (Å²) in [5.41, 5.74) is 0. The van der Waals surface area contributed by atoms with E-state index in [1.807, 2.05) is 0 Å². The molecular weight excluding hydrogens is 176 g/mol. The highest BCUT2D eigenvalue weighted by molar-refractivity contribution is 7.98. The lowest BCUT2D eigenvalue weighted by Gasteiger charge is -1.87. The molecular formula is C3H6N2O3S2. The van der Waals surface area contributed by atoms with E-state index in [1.165, 1.54) is 0 Å². The average molecular weight is 182 g/mol. The average Bonchev–Trinajstić information content (AvgIpc) is 1.87. The van der Waals surface area contributed by atoms with E-state index in [2.05, 4.69) is 4.58 Å². The van der Waals surface area contributed by atoms with Gasteiger partial charge < -0.3 is 0 Å². The molecule has 0 unspecified atom stereocenters. The molecule has 58 valence electrons. The zero-order valence-electron chi connectivity index (χ0n) is 5.06. The SMILES string of the molecule is O=NSCCCS[N+](=O)[O-]. The number of hydrogen-bond acceptors (Lipinski definition) is 6. The Kier molecular flexibility index (Phi) is 6.61. The predicted octanol–water partition coefficient (Wildman–Crippen LogP) is 1.72. The summed E-state index contributed by atoms with van der Waals surface area (Å²) in [5, 5.41) is 9.71. The number of hydrogen-bond donors (Lipinski definition) is 0. The molecule has 0 radical (unpaired) electrons. The number of nitrogens with zero attached hydrogens (tertiary/aromatic N) is 2. The minimum Gasteiger partial charge on any atom is -0.251 e. The highest BCUT2D eigenvalue weighted by Crippen LogP contribution is 2.07. The minimum atomic E-state index is -0.445. The van der Waals surface area contributed by atoms with Crippen LogP contribution < -0.4 is 0 Å². The van der Waals surface area contributed by atoms with Crippen molar-refractivity contribution in [3.8, 4) is 0 Å². The fourth-order valence-corrected chi connectivity index (χ4v) is 1.25. The Labute approximate surface area is 66.3 Å². The maximum Gasteiger partial charge on any atom is 0.228 e. The van der Waals surface area contributed by atoms with Crippen LogP contribution >= 0.6 is 23.9 Å². The van der Waals surface area contributed by atoms with Crippen molar-refractivity contribution in [3.05, 3.63) is 15.0 Å². The molecule has 5 nitrogen and oxygen atoms in total. The Hall–Kier alpha value is -0.300. The lowest BCUT2D eigenvalue weighted by molar-refractivity contribution is -0.284. The fraction of sp³-hybridized carbons (Fsp3) is 1.00. The van der Waals surface area contributed by atoms with Gasteiger partial charge in [-0.1, -0.05) is 0 Å². The second-order valence-electron chi connectivity index (χ2n) is 1.32. The minimum absolute atomic E-state index is 0.440. The smallest absolute Gasteiger partial charge is 0.228 e. The Morgan fingerprint density at radius 1 is 1.50 bits per heavy atom. The first kappa shape index (κ1) is 9.70. The van der Waals surface area contributed by atoms with E-state index in [9.17, 15) is 15.0 Å². The Morgan fingerprint density at radius 2 is 2.20 bits per heavy atom. The van der Waals surface area contributed by atoms with Crippen molar-refractivity contribution in [1.29, 1.82) is 0 Å². The van der Waals surface area contributed by atoms with Gasteiger partial charge in [0.15, 0.2) is 0 Å². The third-order valence-corrected chi connectivity index (χ3v) is 1.89. The van der Waals surface area contributed by atoms with E-state index < -0.39 is 4.33 Å². The van der Waals surface area contributed by atoms with E-state index in [0.29, 0.717) is 29.9 Å². The molecule has 0 fully saturated rings. The van der Waals surface area contributed by atoms with Crippen LogP contribution in [0.2, 0.25) is 0 Å². The molecule has 0 aromatic rings. The molecule has 0 aromatic carbocycles. The molecule has 0 aromatic heterocycles. The standard InChI is InChI=1S/C3H6N2O3S2/c6-4-9-2-1-3-10-5(7)8/h1-3H2. The first-order chi connectivity index (χ1) is 4.77. The third kappa shape index (κ3) is 7.70. The van der Waals surface area contributed by atoms with Crippen molar-refractivity contribution in [3.63, 3.8) is 0 Å². The molecule has 0 aliphatic heterocycles. The van der Waals surface area contributed by atoms with Crippen molar-refractivity contribution in [2.75, 3.05) is 11.5 Å². The Morgan fingerprint density at radius 3 is 2.70 bits per heavy atom. The predicted molar refractivity (Wildman–Crippen MR) is 42.3 cm³/mol. The van der Waals surface area contributed by atoms with Gasteiger partial charge in [0, 0.05) is 22.3 Å². The summed E-state index contributed by atoms with van der Waals surface area (Å²) in [5.74, 6) is 1.000. The van der Waals surface area contributed by atoms with Crippen LogP contribution in [0.15, 0.2) is 4.58 Å². The van der Waals surface area contributed by atoms with Crippen LogP contribution in [0, 0.1) is 15.0 Å².